The van der Waals surface area contributed by atoms with E-state index < -0.39 is 27.3 Å². The molecule has 14 heteroatoms. The zero-order valence-corrected chi connectivity index (χ0v) is 21.9. The molecule has 3 aromatic rings. The Bertz CT molecular complexity index is 1410. The van der Waals surface area contributed by atoms with E-state index in [9.17, 15) is 18.0 Å². The highest BCUT2D eigenvalue weighted by molar-refractivity contribution is 7.91. The lowest BCUT2D eigenvalue weighted by Gasteiger charge is -2.34. The molecule has 202 valence electrons. The summed E-state index contributed by atoms with van der Waals surface area (Å²) in [6.07, 6.45) is 3.49. The highest BCUT2D eigenvalue weighted by atomic mass is 32.2. The number of sulfone groups is 1. The molecule has 0 aliphatic carbocycles. The fourth-order valence-electron chi connectivity index (χ4n) is 4.02. The first kappa shape index (κ1) is 27.0. The van der Waals surface area contributed by atoms with Crippen LogP contribution in [0.1, 0.15) is 18.2 Å². The lowest BCUT2D eigenvalue weighted by molar-refractivity contribution is -0.115. The van der Waals surface area contributed by atoms with E-state index in [2.05, 4.69) is 25.7 Å². The third-order valence-electron chi connectivity index (χ3n) is 5.77. The van der Waals surface area contributed by atoms with E-state index in [4.69, 9.17) is 10.5 Å². The Hall–Kier alpha value is -4.04. The van der Waals surface area contributed by atoms with Gasteiger partial charge in [-0.3, -0.25) is 9.48 Å². The summed E-state index contributed by atoms with van der Waals surface area (Å²) in [5, 5.41) is 9.59. The summed E-state index contributed by atoms with van der Waals surface area (Å²) in [6, 6.07) is 8.15. The zero-order chi connectivity index (χ0) is 27.3. The molecule has 0 radical (unpaired) electrons. The monoisotopic (exact) mass is 542 g/mol. The summed E-state index contributed by atoms with van der Waals surface area (Å²) < 4.78 is 32.1. The minimum absolute atomic E-state index is 0.0262. The van der Waals surface area contributed by atoms with Crippen LogP contribution in [0, 0.1) is 0 Å². The molecule has 0 unspecified atom stereocenters. The topological polar surface area (TPSA) is 174 Å². The van der Waals surface area contributed by atoms with Gasteiger partial charge >= 0.3 is 6.03 Å². The van der Waals surface area contributed by atoms with E-state index in [0.717, 1.165) is 5.56 Å². The van der Waals surface area contributed by atoms with Crippen LogP contribution in [0.5, 0.6) is 0 Å². The van der Waals surface area contributed by atoms with Gasteiger partial charge in [-0.15, -0.1) is 0 Å². The number of benzene rings is 1. The number of aryl methyl sites for hydroxylation is 1. The third-order valence-corrected chi connectivity index (χ3v) is 7.23. The minimum atomic E-state index is -3.81. The molecule has 0 bridgehead atoms. The normalized spacial score (nSPS) is 15.7. The highest BCUT2D eigenvalue weighted by Crippen LogP contribution is 2.25. The first-order valence-corrected chi connectivity index (χ1v) is 13.7. The number of hydrogen-bond acceptors (Lipinski definition) is 9. The Morgan fingerprint density at radius 1 is 1.21 bits per heavy atom. The molecular weight excluding hydrogens is 512 g/mol. The van der Waals surface area contributed by atoms with Gasteiger partial charge < -0.3 is 26.0 Å². The van der Waals surface area contributed by atoms with E-state index in [-0.39, 0.29) is 17.8 Å². The molecule has 1 aliphatic heterocycles. The van der Waals surface area contributed by atoms with Gasteiger partial charge in [0.15, 0.2) is 15.7 Å². The molecule has 1 atom stereocenters. The van der Waals surface area contributed by atoms with Crippen molar-refractivity contribution < 1.29 is 22.7 Å². The summed E-state index contributed by atoms with van der Waals surface area (Å²) in [7, 11) is -2.01. The van der Waals surface area contributed by atoms with E-state index >= 15 is 0 Å². The number of primary amides is 1. The molecule has 1 saturated heterocycles. The Morgan fingerprint density at radius 2 is 1.97 bits per heavy atom. The van der Waals surface area contributed by atoms with Crippen LogP contribution in [-0.2, 0) is 38.7 Å². The lowest BCUT2D eigenvalue weighted by atomic mass is 10.2. The van der Waals surface area contributed by atoms with Crippen LogP contribution in [0.3, 0.4) is 0 Å². The average Bonchev–Trinajstić information content (AvgIpc) is 3.27. The predicted molar refractivity (Wildman–Crippen MR) is 141 cm³/mol. The first-order chi connectivity index (χ1) is 18.1. The molecule has 3 amide bonds. The van der Waals surface area contributed by atoms with Crippen molar-refractivity contribution in [2.75, 3.05) is 35.7 Å². The van der Waals surface area contributed by atoms with Gasteiger partial charge in [-0.05, 0) is 31.2 Å². The highest BCUT2D eigenvalue weighted by Gasteiger charge is 2.24. The van der Waals surface area contributed by atoms with Gasteiger partial charge in [-0.2, -0.15) is 5.10 Å². The largest absolute Gasteiger partial charge is 0.377 e. The quantitative estimate of drug-likeness (QED) is 0.354. The number of carbonyl (C=O) groups is 2. The van der Waals surface area contributed by atoms with Crippen molar-refractivity contribution in [3.05, 3.63) is 54.0 Å². The summed E-state index contributed by atoms with van der Waals surface area (Å²) in [4.78, 5) is 34.7. The standard InChI is InChI=1S/C24H30N8O5S/c1-16-13-37-8-7-32(16)22-9-20(14-38(35,36)15-21(25)33)28-23(30-22)18-3-5-19(6-4-18)29-24(34)26-10-17-11-27-31(2)12-17/h3-6,9,11-12,16H,7-8,10,13-15H2,1-2H3,(H2,25,33)(H2,26,29,34)/t16-/m0/s1. The number of rotatable bonds is 9. The average molecular weight is 543 g/mol. The number of nitrogens with one attached hydrogen (secondary N) is 2. The maximum absolute atomic E-state index is 12.5. The van der Waals surface area contributed by atoms with Gasteiger partial charge in [0.05, 0.1) is 36.9 Å². The van der Waals surface area contributed by atoms with Crippen molar-refractivity contribution in [1.82, 2.24) is 25.1 Å². The fourth-order valence-corrected chi connectivity index (χ4v) is 5.15. The van der Waals surface area contributed by atoms with Crippen molar-refractivity contribution in [3.8, 4) is 11.4 Å². The van der Waals surface area contributed by atoms with Gasteiger partial charge in [0.2, 0.25) is 5.91 Å². The number of nitrogens with zero attached hydrogens (tertiary/aromatic N) is 5. The molecule has 4 N–H and O–H groups in total. The van der Waals surface area contributed by atoms with Crippen LogP contribution >= 0.6 is 0 Å². The second kappa shape index (κ2) is 11.6. The van der Waals surface area contributed by atoms with Crippen LogP contribution in [0.2, 0.25) is 0 Å². The van der Waals surface area contributed by atoms with Crippen LogP contribution in [0.15, 0.2) is 42.7 Å². The molecule has 1 aliphatic rings. The molecule has 38 heavy (non-hydrogen) atoms. The van der Waals surface area contributed by atoms with Crippen LogP contribution < -0.4 is 21.3 Å². The number of aromatic nitrogens is 4. The lowest BCUT2D eigenvalue weighted by Crippen LogP contribution is -2.44. The zero-order valence-electron chi connectivity index (χ0n) is 21.1. The van der Waals surface area contributed by atoms with E-state index in [1.165, 1.54) is 0 Å². The Balaban J connectivity index is 1.53. The molecule has 1 fully saturated rings. The number of anilines is 2. The molecule has 4 rings (SSSR count). The van der Waals surface area contributed by atoms with Gasteiger partial charge in [-0.1, -0.05) is 0 Å². The maximum Gasteiger partial charge on any atom is 0.319 e. The molecule has 3 heterocycles. The summed E-state index contributed by atoms with van der Waals surface area (Å²) >= 11 is 0. The molecule has 2 aromatic heterocycles. The van der Waals surface area contributed by atoms with Crippen LogP contribution in [-0.4, -0.2) is 71.7 Å². The Morgan fingerprint density at radius 3 is 2.63 bits per heavy atom. The number of amides is 3. The van der Waals surface area contributed by atoms with Crippen molar-refractivity contribution in [2.45, 2.75) is 25.3 Å². The van der Waals surface area contributed by atoms with E-state index in [1.807, 2.05) is 18.0 Å². The van der Waals surface area contributed by atoms with Crippen LogP contribution in [0.4, 0.5) is 16.3 Å². The first-order valence-electron chi connectivity index (χ1n) is 11.9. The maximum atomic E-state index is 12.5. The molecular formula is C24H30N8O5S. The van der Waals surface area contributed by atoms with Gasteiger partial charge in [0.1, 0.15) is 11.6 Å². The van der Waals surface area contributed by atoms with E-state index in [1.54, 1.807) is 48.3 Å². The molecule has 13 nitrogen and oxygen atoms in total. The minimum Gasteiger partial charge on any atom is -0.377 e. The van der Waals surface area contributed by atoms with Crippen molar-refractivity contribution in [1.29, 1.82) is 0 Å². The number of hydrogen-bond donors (Lipinski definition) is 3. The fraction of sp³-hybridized carbons (Fsp3) is 0.375. The molecule has 0 saturated carbocycles. The number of nitrogens with two attached hydrogens (primary N) is 1. The predicted octanol–water partition coefficient (Wildman–Crippen LogP) is 0.824. The number of carbonyl (C=O) groups excluding carboxylic acids is 2. The van der Waals surface area contributed by atoms with Crippen molar-refractivity contribution >= 4 is 33.3 Å². The van der Waals surface area contributed by atoms with Gasteiger partial charge in [-0.25, -0.2) is 23.2 Å². The Kier molecular flexibility index (Phi) is 8.22. The number of ether oxygens (including phenoxy) is 1. The Labute approximate surface area is 220 Å². The third kappa shape index (κ3) is 7.26. The summed E-state index contributed by atoms with van der Waals surface area (Å²) in [5.74, 6) is -1.26. The summed E-state index contributed by atoms with van der Waals surface area (Å²) in [6.45, 7) is 3.94. The van der Waals surface area contributed by atoms with Gasteiger partial charge in [0, 0.05) is 49.2 Å². The molecule has 0 spiro atoms. The molecule has 1 aromatic carbocycles. The van der Waals surface area contributed by atoms with Crippen LogP contribution in [0.25, 0.3) is 11.4 Å². The van der Waals surface area contributed by atoms with Crippen molar-refractivity contribution in [3.63, 3.8) is 0 Å². The SMILES string of the molecule is C[C@H]1COCCN1c1cc(CS(=O)(=O)CC(N)=O)nc(-c2ccc(NC(=O)NCc3cnn(C)c3)cc2)n1. The van der Waals surface area contributed by atoms with E-state index in [0.29, 0.717) is 49.2 Å². The van der Waals surface area contributed by atoms with Crippen molar-refractivity contribution in [2.24, 2.45) is 12.8 Å². The number of morpholine rings is 1. The smallest absolute Gasteiger partial charge is 0.319 e. The van der Waals surface area contributed by atoms with Gasteiger partial charge in [0.25, 0.3) is 0 Å². The number of urea groups is 1. The second-order valence-electron chi connectivity index (χ2n) is 9.06. The second-order valence-corrected chi connectivity index (χ2v) is 11.1. The summed E-state index contributed by atoms with van der Waals surface area (Å²) in [5.41, 5.74) is 7.41.